The van der Waals surface area contributed by atoms with E-state index in [-0.39, 0.29) is 24.3 Å². The van der Waals surface area contributed by atoms with Crippen LogP contribution in [0, 0.1) is 5.92 Å². The standard InChI is InChI=1S/C19H23F3N2O4/c20-19(21,22)16-3-1-14(2-4-16)15-9-13(10-17(25)26)11-24(12-15)18(27)23-5-7-28-8-6-23/h1-4,13,15H,5-12H2,(H,25,26). The summed E-state index contributed by atoms with van der Waals surface area (Å²) in [6.07, 6.45) is -3.97. The van der Waals surface area contributed by atoms with Crippen LogP contribution in [0.4, 0.5) is 18.0 Å². The summed E-state index contributed by atoms with van der Waals surface area (Å²) in [5.74, 6) is -1.40. The molecule has 0 spiro atoms. The summed E-state index contributed by atoms with van der Waals surface area (Å²) in [5, 5.41) is 9.17. The van der Waals surface area contributed by atoms with Crippen molar-refractivity contribution in [1.29, 1.82) is 0 Å². The van der Waals surface area contributed by atoms with Gasteiger partial charge in [-0.3, -0.25) is 4.79 Å². The number of ether oxygens (including phenoxy) is 1. The molecule has 2 aliphatic rings. The van der Waals surface area contributed by atoms with Crippen molar-refractivity contribution in [2.24, 2.45) is 5.92 Å². The minimum atomic E-state index is -4.41. The van der Waals surface area contributed by atoms with E-state index in [2.05, 4.69) is 0 Å². The maximum atomic E-state index is 12.8. The predicted molar refractivity (Wildman–Crippen MR) is 93.9 cm³/mol. The molecule has 0 aromatic heterocycles. The molecule has 9 heteroatoms. The van der Waals surface area contributed by atoms with Gasteiger partial charge in [-0.1, -0.05) is 12.1 Å². The zero-order valence-corrected chi connectivity index (χ0v) is 15.3. The van der Waals surface area contributed by atoms with E-state index in [1.807, 2.05) is 0 Å². The molecule has 2 unspecified atom stereocenters. The Hall–Kier alpha value is -2.29. The van der Waals surface area contributed by atoms with Gasteiger partial charge in [0.05, 0.1) is 18.8 Å². The average Bonchev–Trinajstić information content (AvgIpc) is 2.67. The normalized spacial score (nSPS) is 23.5. The van der Waals surface area contributed by atoms with Crippen LogP contribution < -0.4 is 0 Å². The van der Waals surface area contributed by atoms with E-state index in [1.165, 1.54) is 12.1 Å². The Labute approximate surface area is 160 Å². The van der Waals surface area contributed by atoms with Gasteiger partial charge in [0.1, 0.15) is 0 Å². The van der Waals surface area contributed by atoms with Crippen molar-refractivity contribution in [2.75, 3.05) is 39.4 Å². The molecule has 3 rings (SSSR count). The molecule has 6 nitrogen and oxygen atoms in total. The number of morpholine rings is 1. The summed E-state index contributed by atoms with van der Waals surface area (Å²) in [6.45, 7) is 2.56. The number of likely N-dealkylation sites (tertiary alicyclic amines) is 1. The number of hydrogen-bond acceptors (Lipinski definition) is 3. The van der Waals surface area contributed by atoms with E-state index < -0.39 is 17.7 Å². The number of amides is 2. The number of rotatable bonds is 3. The van der Waals surface area contributed by atoms with Gasteiger partial charge in [-0.25, -0.2) is 4.79 Å². The lowest BCUT2D eigenvalue weighted by Crippen LogP contribution is -2.52. The monoisotopic (exact) mass is 400 g/mol. The van der Waals surface area contributed by atoms with Crippen LogP contribution in [0.2, 0.25) is 0 Å². The first-order valence-corrected chi connectivity index (χ1v) is 9.24. The third-order valence-corrected chi connectivity index (χ3v) is 5.26. The second-order valence-electron chi connectivity index (χ2n) is 7.30. The summed E-state index contributed by atoms with van der Waals surface area (Å²) in [6, 6.07) is 4.74. The lowest BCUT2D eigenvalue weighted by Gasteiger charge is -2.40. The number of halogens is 3. The summed E-state index contributed by atoms with van der Waals surface area (Å²) < 4.78 is 43.7. The van der Waals surface area contributed by atoms with E-state index in [0.29, 0.717) is 51.4 Å². The molecule has 1 aromatic carbocycles. The zero-order valence-electron chi connectivity index (χ0n) is 15.3. The van der Waals surface area contributed by atoms with Crippen molar-refractivity contribution >= 4 is 12.0 Å². The van der Waals surface area contributed by atoms with Crippen LogP contribution in [-0.2, 0) is 15.7 Å². The van der Waals surface area contributed by atoms with E-state index in [9.17, 15) is 22.8 Å². The van der Waals surface area contributed by atoms with Gasteiger partial charge in [-0.05, 0) is 30.0 Å². The number of benzene rings is 1. The molecule has 154 valence electrons. The molecule has 1 N–H and O–H groups in total. The highest BCUT2D eigenvalue weighted by atomic mass is 19.4. The minimum Gasteiger partial charge on any atom is -0.481 e. The van der Waals surface area contributed by atoms with Crippen LogP contribution in [0.3, 0.4) is 0 Å². The van der Waals surface area contributed by atoms with Gasteiger partial charge in [-0.15, -0.1) is 0 Å². The van der Waals surface area contributed by atoms with E-state index in [4.69, 9.17) is 9.84 Å². The topological polar surface area (TPSA) is 70.1 Å². The molecule has 2 saturated heterocycles. The number of urea groups is 1. The number of piperidine rings is 1. The SMILES string of the molecule is O=C(O)CC1CC(c2ccc(C(F)(F)F)cc2)CN(C(=O)N2CCOCC2)C1. The fraction of sp³-hybridized carbons (Fsp3) is 0.579. The lowest BCUT2D eigenvalue weighted by atomic mass is 9.83. The highest BCUT2D eigenvalue weighted by Crippen LogP contribution is 2.35. The number of carboxylic acids is 1. The predicted octanol–water partition coefficient (Wildman–Crippen LogP) is 3.04. The quantitative estimate of drug-likeness (QED) is 0.847. The largest absolute Gasteiger partial charge is 0.481 e. The summed E-state index contributed by atoms with van der Waals surface area (Å²) >= 11 is 0. The number of hydrogen-bond donors (Lipinski definition) is 1. The molecule has 0 radical (unpaired) electrons. The molecular weight excluding hydrogens is 377 g/mol. The van der Waals surface area contributed by atoms with Crippen molar-refractivity contribution < 1.29 is 32.6 Å². The highest BCUT2D eigenvalue weighted by Gasteiger charge is 2.35. The molecule has 1 aromatic rings. The van der Waals surface area contributed by atoms with Crippen molar-refractivity contribution in [3.63, 3.8) is 0 Å². The number of alkyl halides is 3. The molecular formula is C19H23F3N2O4. The maximum absolute atomic E-state index is 12.8. The van der Waals surface area contributed by atoms with Crippen molar-refractivity contribution in [3.8, 4) is 0 Å². The molecule has 28 heavy (non-hydrogen) atoms. The molecule has 2 aliphatic heterocycles. The second kappa shape index (κ2) is 8.38. The third-order valence-electron chi connectivity index (χ3n) is 5.26. The number of carboxylic acid groups (broad SMARTS) is 1. The average molecular weight is 400 g/mol. The Morgan fingerprint density at radius 3 is 2.29 bits per heavy atom. The first-order valence-electron chi connectivity index (χ1n) is 9.24. The minimum absolute atomic E-state index is 0.0793. The molecule has 0 aliphatic carbocycles. The molecule has 0 bridgehead atoms. The second-order valence-corrected chi connectivity index (χ2v) is 7.30. The van der Waals surface area contributed by atoms with Crippen LogP contribution in [0.1, 0.15) is 29.9 Å². The number of carbonyl (C=O) groups is 2. The highest BCUT2D eigenvalue weighted by molar-refractivity contribution is 5.75. The summed E-state index contributed by atoms with van der Waals surface area (Å²) in [7, 11) is 0. The van der Waals surface area contributed by atoms with Gasteiger partial charge in [-0.2, -0.15) is 13.2 Å². The van der Waals surface area contributed by atoms with E-state index in [0.717, 1.165) is 12.1 Å². The van der Waals surface area contributed by atoms with Crippen LogP contribution in [0.15, 0.2) is 24.3 Å². The number of nitrogens with zero attached hydrogens (tertiary/aromatic N) is 2. The van der Waals surface area contributed by atoms with Crippen molar-refractivity contribution in [3.05, 3.63) is 35.4 Å². The lowest BCUT2D eigenvalue weighted by molar-refractivity contribution is -0.139. The first-order chi connectivity index (χ1) is 13.2. The summed E-state index contributed by atoms with van der Waals surface area (Å²) in [4.78, 5) is 27.3. The Balaban J connectivity index is 1.77. The van der Waals surface area contributed by atoms with Crippen LogP contribution >= 0.6 is 0 Å². The molecule has 0 saturated carbocycles. The van der Waals surface area contributed by atoms with Gasteiger partial charge in [0.15, 0.2) is 0 Å². The molecule has 2 heterocycles. The Morgan fingerprint density at radius 1 is 1.07 bits per heavy atom. The van der Waals surface area contributed by atoms with E-state index in [1.54, 1.807) is 9.80 Å². The van der Waals surface area contributed by atoms with E-state index >= 15 is 0 Å². The molecule has 2 atom stereocenters. The molecule has 2 fully saturated rings. The number of aliphatic carboxylic acids is 1. The van der Waals surface area contributed by atoms with Gasteiger partial charge in [0, 0.05) is 38.5 Å². The van der Waals surface area contributed by atoms with Gasteiger partial charge in [0.25, 0.3) is 0 Å². The maximum Gasteiger partial charge on any atom is 0.416 e. The fourth-order valence-electron chi connectivity index (χ4n) is 3.90. The first kappa shape index (κ1) is 20.4. The molecule has 2 amide bonds. The van der Waals surface area contributed by atoms with Gasteiger partial charge < -0.3 is 19.6 Å². The van der Waals surface area contributed by atoms with Gasteiger partial charge >= 0.3 is 18.2 Å². The van der Waals surface area contributed by atoms with Crippen LogP contribution in [0.5, 0.6) is 0 Å². The third kappa shape index (κ3) is 4.95. The smallest absolute Gasteiger partial charge is 0.416 e. The Kier molecular flexibility index (Phi) is 6.12. The van der Waals surface area contributed by atoms with Gasteiger partial charge in [0.2, 0.25) is 0 Å². The Morgan fingerprint density at radius 2 is 1.71 bits per heavy atom. The van der Waals surface area contributed by atoms with Crippen LogP contribution in [0.25, 0.3) is 0 Å². The fourth-order valence-corrected chi connectivity index (χ4v) is 3.90. The van der Waals surface area contributed by atoms with Crippen molar-refractivity contribution in [2.45, 2.75) is 24.9 Å². The Bertz CT molecular complexity index is 702. The number of carbonyl (C=O) groups excluding carboxylic acids is 1. The van der Waals surface area contributed by atoms with Crippen molar-refractivity contribution in [1.82, 2.24) is 9.80 Å². The van der Waals surface area contributed by atoms with Crippen LogP contribution in [-0.4, -0.2) is 66.3 Å². The zero-order chi connectivity index (χ0) is 20.3. The summed E-state index contributed by atoms with van der Waals surface area (Å²) in [5.41, 5.74) is -0.0433.